The van der Waals surface area contributed by atoms with Gasteiger partial charge in [0.05, 0.1) is 10.8 Å². The van der Waals surface area contributed by atoms with Crippen LogP contribution in [-0.4, -0.2) is 31.9 Å². The molecule has 1 rings (SSSR count). The number of anilines is 1. The summed E-state index contributed by atoms with van der Waals surface area (Å²) < 4.78 is 4.89. The Morgan fingerprint density at radius 2 is 2.33 bits per heavy atom. The Morgan fingerprint density at radius 1 is 1.56 bits per heavy atom. The molecule has 0 heterocycles. The fourth-order valence-electron chi connectivity index (χ4n) is 1.31. The van der Waals surface area contributed by atoms with Crippen molar-refractivity contribution < 1.29 is 9.53 Å². The zero-order chi connectivity index (χ0) is 13.4. The highest BCUT2D eigenvalue weighted by atomic mass is 35.5. The molecule has 0 aliphatic carbocycles. The summed E-state index contributed by atoms with van der Waals surface area (Å²) in [5, 5.41) is 3.38. The fourth-order valence-corrected chi connectivity index (χ4v) is 2.47. The molecule has 0 saturated heterocycles. The lowest BCUT2D eigenvalue weighted by atomic mass is 10.3. The Kier molecular flexibility index (Phi) is 6.93. The zero-order valence-corrected chi connectivity index (χ0v) is 11.8. The minimum atomic E-state index is -0.0320. The van der Waals surface area contributed by atoms with Crippen molar-refractivity contribution in [3.05, 3.63) is 23.2 Å². The van der Waals surface area contributed by atoms with Crippen molar-refractivity contribution in [3.8, 4) is 0 Å². The van der Waals surface area contributed by atoms with Crippen LogP contribution in [0.1, 0.15) is 6.42 Å². The van der Waals surface area contributed by atoms with Crippen LogP contribution in [0.25, 0.3) is 0 Å². The van der Waals surface area contributed by atoms with Gasteiger partial charge in [0.15, 0.2) is 0 Å². The monoisotopic (exact) mass is 288 g/mol. The van der Waals surface area contributed by atoms with Crippen molar-refractivity contribution >= 4 is 35.0 Å². The van der Waals surface area contributed by atoms with E-state index in [-0.39, 0.29) is 5.91 Å². The molecule has 18 heavy (non-hydrogen) atoms. The Hall–Kier alpha value is -0.910. The van der Waals surface area contributed by atoms with Crippen molar-refractivity contribution in [1.29, 1.82) is 0 Å². The van der Waals surface area contributed by atoms with Crippen LogP contribution in [0, 0.1) is 0 Å². The quantitative estimate of drug-likeness (QED) is 0.458. The SMILES string of the molecule is COCCCNC(=O)CSc1c(N)cccc1Cl. The van der Waals surface area contributed by atoms with Gasteiger partial charge in [0.25, 0.3) is 0 Å². The molecule has 1 aromatic carbocycles. The van der Waals surface area contributed by atoms with Crippen LogP contribution in [0.2, 0.25) is 5.02 Å². The summed E-state index contributed by atoms with van der Waals surface area (Å²) in [5.74, 6) is 0.274. The molecule has 0 aliphatic heterocycles. The third-order valence-corrected chi connectivity index (χ3v) is 3.77. The molecule has 0 spiro atoms. The van der Waals surface area contributed by atoms with E-state index < -0.39 is 0 Å². The topological polar surface area (TPSA) is 64.3 Å². The number of rotatable bonds is 7. The predicted octanol–water partition coefficient (Wildman–Crippen LogP) is 2.17. The number of carbonyl (C=O) groups excluding carboxylic acids is 1. The van der Waals surface area contributed by atoms with Crippen molar-refractivity contribution in [2.75, 3.05) is 31.7 Å². The number of hydrogen-bond donors (Lipinski definition) is 2. The largest absolute Gasteiger partial charge is 0.398 e. The second kappa shape index (κ2) is 8.24. The molecule has 1 aromatic rings. The van der Waals surface area contributed by atoms with E-state index in [4.69, 9.17) is 22.1 Å². The summed E-state index contributed by atoms with van der Waals surface area (Å²) in [6, 6.07) is 5.31. The first-order valence-corrected chi connectivity index (χ1v) is 6.94. The minimum absolute atomic E-state index is 0.0320. The Morgan fingerprint density at radius 3 is 3.00 bits per heavy atom. The van der Waals surface area contributed by atoms with Crippen LogP contribution >= 0.6 is 23.4 Å². The Labute approximate surface area is 116 Å². The van der Waals surface area contributed by atoms with Crippen molar-refractivity contribution in [3.63, 3.8) is 0 Å². The molecule has 4 nitrogen and oxygen atoms in total. The summed E-state index contributed by atoms with van der Waals surface area (Å²) in [7, 11) is 1.64. The van der Waals surface area contributed by atoms with E-state index in [2.05, 4.69) is 5.32 Å². The van der Waals surface area contributed by atoms with Crippen LogP contribution in [0.4, 0.5) is 5.69 Å². The van der Waals surface area contributed by atoms with Crippen LogP contribution in [0.15, 0.2) is 23.1 Å². The summed E-state index contributed by atoms with van der Waals surface area (Å²) in [6.07, 6.45) is 0.807. The molecule has 1 amide bonds. The van der Waals surface area contributed by atoms with Gasteiger partial charge < -0.3 is 15.8 Å². The van der Waals surface area contributed by atoms with Gasteiger partial charge in [0.1, 0.15) is 0 Å². The molecular formula is C12H17ClN2O2S. The highest BCUT2D eigenvalue weighted by Crippen LogP contribution is 2.32. The van der Waals surface area contributed by atoms with E-state index in [1.807, 2.05) is 0 Å². The lowest BCUT2D eigenvalue weighted by Crippen LogP contribution is -2.26. The Balaban J connectivity index is 2.34. The van der Waals surface area contributed by atoms with E-state index in [0.29, 0.717) is 29.6 Å². The van der Waals surface area contributed by atoms with Gasteiger partial charge in [0.2, 0.25) is 5.91 Å². The number of nitrogens with two attached hydrogens (primary N) is 1. The molecule has 0 bridgehead atoms. The van der Waals surface area contributed by atoms with E-state index in [1.165, 1.54) is 11.8 Å². The Bertz CT molecular complexity index is 381. The van der Waals surface area contributed by atoms with Crippen LogP contribution in [-0.2, 0) is 9.53 Å². The van der Waals surface area contributed by atoms with E-state index in [1.54, 1.807) is 25.3 Å². The van der Waals surface area contributed by atoms with E-state index >= 15 is 0 Å². The zero-order valence-electron chi connectivity index (χ0n) is 10.2. The average Bonchev–Trinajstić information content (AvgIpc) is 2.34. The van der Waals surface area contributed by atoms with Gasteiger partial charge in [-0.05, 0) is 18.6 Å². The van der Waals surface area contributed by atoms with Gasteiger partial charge in [-0.2, -0.15) is 0 Å². The highest BCUT2D eigenvalue weighted by molar-refractivity contribution is 8.00. The van der Waals surface area contributed by atoms with Crippen molar-refractivity contribution in [2.24, 2.45) is 0 Å². The standard InChI is InChI=1S/C12H17ClN2O2S/c1-17-7-3-6-15-11(16)8-18-12-9(13)4-2-5-10(12)14/h2,4-5H,3,6-8,14H2,1H3,(H,15,16). The molecule has 100 valence electrons. The fraction of sp³-hybridized carbons (Fsp3) is 0.417. The van der Waals surface area contributed by atoms with Gasteiger partial charge in [-0.25, -0.2) is 0 Å². The first-order valence-electron chi connectivity index (χ1n) is 5.57. The molecule has 0 radical (unpaired) electrons. The predicted molar refractivity (Wildman–Crippen MR) is 76.1 cm³/mol. The lowest BCUT2D eigenvalue weighted by molar-refractivity contribution is -0.118. The number of nitrogens with one attached hydrogen (secondary N) is 1. The number of carbonyl (C=O) groups is 1. The minimum Gasteiger partial charge on any atom is -0.398 e. The highest BCUT2D eigenvalue weighted by Gasteiger charge is 2.08. The summed E-state index contributed by atoms with van der Waals surface area (Å²) in [6.45, 7) is 1.26. The van der Waals surface area contributed by atoms with Crippen LogP contribution < -0.4 is 11.1 Å². The molecule has 0 aliphatic rings. The molecular weight excluding hydrogens is 272 g/mol. The van der Waals surface area contributed by atoms with Gasteiger partial charge in [-0.3, -0.25) is 4.79 Å². The molecule has 0 saturated carbocycles. The smallest absolute Gasteiger partial charge is 0.230 e. The summed E-state index contributed by atoms with van der Waals surface area (Å²) in [4.78, 5) is 12.3. The maximum absolute atomic E-state index is 11.5. The first-order chi connectivity index (χ1) is 8.65. The van der Waals surface area contributed by atoms with E-state index in [0.717, 1.165) is 11.3 Å². The van der Waals surface area contributed by atoms with E-state index in [9.17, 15) is 4.79 Å². The average molecular weight is 289 g/mol. The number of thioether (sulfide) groups is 1. The second-order valence-electron chi connectivity index (χ2n) is 3.64. The number of hydrogen-bond acceptors (Lipinski definition) is 4. The molecule has 3 N–H and O–H groups in total. The second-order valence-corrected chi connectivity index (χ2v) is 5.04. The number of nitrogen functional groups attached to an aromatic ring is 1. The number of benzene rings is 1. The van der Waals surface area contributed by atoms with Crippen LogP contribution in [0.3, 0.4) is 0 Å². The summed E-state index contributed by atoms with van der Waals surface area (Å²) >= 11 is 7.35. The molecule has 0 atom stereocenters. The number of ether oxygens (including phenoxy) is 1. The van der Waals surface area contributed by atoms with Crippen molar-refractivity contribution in [2.45, 2.75) is 11.3 Å². The third-order valence-electron chi connectivity index (χ3n) is 2.19. The lowest BCUT2D eigenvalue weighted by Gasteiger charge is -2.08. The van der Waals surface area contributed by atoms with Gasteiger partial charge >= 0.3 is 0 Å². The number of halogens is 1. The normalized spacial score (nSPS) is 10.3. The third kappa shape index (κ3) is 5.16. The number of amides is 1. The molecule has 0 aromatic heterocycles. The van der Waals surface area contributed by atoms with Crippen molar-refractivity contribution in [1.82, 2.24) is 5.32 Å². The maximum atomic E-state index is 11.5. The molecule has 0 unspecified atom stereocenters. The van der Waals surface area contributed by atoms with Crippen LogP contribution in [0.5, 0.6) is 0 Å². The summed E-state index contributed by atoms with van der Waals surface area (Å²) in [5.41, 5.74) is 6.39. The number of methoxy groups -OCH3 is 1. The molecule has 0 fully saturated rings. The van der Waals surface area contributed by atoms with Gasteiger partial charge in [-0.15, -0.1) is 11.8 Å². The maximum Gasteiger partial charge on any atom is 0.230 e. The van der Waals surface area contributed by atoms with Gasteiger partial charge in [0, 0.05) is 30.8 Å². The molecule has 6 heteroatoms. The van der Waals surface area contributed by atoms with Gasteiger partial charge in [-0.1, -0.05) is 17.7 Å². The first kappa shape index (κ1) is 15.1.